The minimum absolute atomic E-state index is 0.315. The number of carbonyl (C=O) groups excluding carboxylic acids is 1. The lowest BCUT2D eigenvalue weighted by Gasteiger charge is -2.11. The lowest BCUT2D eigenvalue weighted by Crippen LogP contribution is -2.17. The summed E-state index contributed by atoms with van der Waals surface area (Å²) in [4.78, 5) is 10.5. The fraction of sp³-hybridized carbons (Fsp3) is 0.375. The van der Waals surface area contributed by atoms with Crippen LogP contribution in [0.3, 0.4) is 0 Å². The van der Waals surface area contributed by atoms with Crippen LogP contribution in [0.25, 0.3) is 0 Å². The van der Waals surface area contributed by atoms with Gasteiger partial charge in [0.05, 0.1) is 5.41 Å². The molecule has 3 heteroatoms. The number of carbonyl (C=O) groups is 1. The first-order valence-electron chi connectivity index (χ1n) is 3.28. The predicted molar refractivity (Wildman–Crippen MR) is 42.8 cm³/mol. The maximum absolute atomic E-state index is 10.5. The van der Waals surface area contributed by atoms with E-state index in [1.807, 2.05) is 0 Å². The van der Waals surface area contributed by atoms with Gasteiger partial charge in [-0.15, -0.1) is 0 Å². The van der Waals surface area contributed by atoms with Gasteiger partial charge in [0.25, 0.3) is 0 Å². The molecule has 1 aromatic rings. The second-order valence-corrected chi connectivity index (χ2v) is 3.32. The summed E-state index contributed by atoms with van der Waals surface area (Å²) in [7, 11) is 0. The molecule has 0 aromatic carbocycles. The van der Waals surface area contributed by atoms with Crippen molar-refractivity contribution in [1.29, 1.82) is 0 Å². The summed E-state index contributed by atoms with van der Waals surface area (Å²) >= 11 is 5.54. The molecule has 0 saturated carbocycles. The Bertz CT molecular complexity index is 263. The Morgan fingerprint density at radius 1 is 1.55 bits per heavy atom. The molecule has 0 bridgehead atoms. The monoisotopic (exact) mass is 172 g/mol. The third kappa shape index (κ3) is 1.63. The smallest absolute Gasteiger partial charge is 0.193 e. The second-order valence-electron chi connectivity index (χ2n) is 2.94. The molecule has 1 heterocycles. The van der Waals surface area contributed by atoms with Crippen LogP contribution >= 0.6 is 11.6 Å². The maximum Gasteiger partial charge on any atom is 0.193 e. The second kappa shape index (κ2) is 2.70. The molecular weight excluding hydrogens is 164 g/mol. The van der Waals surface area contributed by atoms with Crippen LogP contribution in [0.15, 0.2) is 16.5 Å². The van der Waals surface area contributed by atoms with Gasteiger partial charge < -0.3 is 9.21 Å². The van der Waals surface area contributed by atoms with Crippen LogP contribution < -0.4 is 0 Å². The van der Waals surface area contributed by atoms with Gasteiger partial charge >= 0.3 is 0 Å². The molecule has 1 aromatic heterocycles. The third-order valence-corrected chi connectivity index (χ3v) is 1.71. The highest BCUT2D eigenvalue weighted by molar-refractivity contribution is 6.28. The lowest BCUT2D eigenvalue weighted by atomic mass is 9.93. The van der Waals surface area contributed by atoms with Crippen molar-refractivity contribution in [2.45, 2.75) is 19.3 Å². The van der Waals surface area contributed by atoms with Gasteiger partial charge in [-0.3, -0.25) is 0 Å². The van der Waals surface area contributed by atoms with Gasteiger partial charge in [-0.2, -0.15) is 0 Å². The van der Waals surface area contributed by atoms with Crippen molar-refractivity contribution in [1.82, 2.24) is 0 Å². The fourth-order valence-corrected chi connectivity index (χ4v) is 0.865. The first kappa shape index (κ1) is 8.34. The van der Waals surface area contributed by atoms with Crippen molar-refractivity contribution in [2.24, 2.45) is 0 Å². The molecule has 0 saturated heterocycles. The minimum atomic E-state index is -0.576. The van der Waals surface area contributed by atoms with Gasteiger partial charge in [0, 0.05) is 0 Å². The van der Waals surface area contributed by atoms with Crippen molar-refractivity contribution in [2.75, 3.05) is 0 Å². The molecule has 11 heavy (non-hydrogen) atoms. The van der Waals surface area contributed by atoms with E-state index in [9.17, 15) is 4.79 Å². The molecule has 0 fully saturated rings. The Morgan fingerprint density at radius 2 is 2.18 bits per heavy atom. The van der Waals surface area contributed by atoms with Crippen LogP contribution in [-0.2, 0) is 10.2 Å². The van der Waals surface area contributed by atoms with E-state index in [0.29, 0.717) is 11.0 Å². The summed E-state index contributed by atoms with van der Waals surface area (Å²) in [5.41, 5.74) is -0.576. The van der Waals surface area contributed by atoms with Crippen molar-refractivity contribution >= 4 is 17.9 Å². The average molecular weight is 173 g/mol. The highest BCUT2D eigenvalue weighted by atomic mass is 35.5. The van der Waals surface area contributed by atoms with E-state index in [1.54, 1.807) is 26.0 Å². The highest BCUT2D eigenvalue weighted by Crippen LogP contribution is 2.24. The van der Waals surface area contributed by atoms with E-state index < -0.39 is 5.41 Å². The first-order valence-corrected chi connectivity index (χ1v) is 3.66. The van der Waals surface area contributed by atoms with Crippen LogP contribution in [-0.4, -0.2) is 6.29 Å². The molecule has 0 aliphatic carbocycles. The van der Waals surface area contributed by atoms with Gasteiger partial charge in [-0.05, 0) is 37.6 Å². The van der Waals surface area contributed by atoms with E-state index >= 15 is 0 Å². The van der Waals surface area contributed by atoms with Crippen LogP contribution in [0.5, 0.6) is 0 Å². The molecule has 0 N–H and O–H groups in total. The van der Waals surface area contributed by atoms with E-state index in [1.165, 1.54) is 0 Å². The minimum Gasteiger partial charge on any atom is -0.449 e. The lowest BCUT2D eigenvalue weighted by molar-refractivity contribution is -0.112. The van der Waals surface area contributed by atoms with Gasteiger partial charge in [0.15, 0.2) is 5.22 Å². The molecule has 60 valence electrons. The topological polar surface area (TPSA) is 30.2 Å². The fourth-order valence-electron chi connectivity index (χ4n) is 0.719. The van der Waals surface area contributed by atoms with Crippen LogP contribution in [0.4, 0.5) is 0 Å². The number of hydrogen-bond donors (Lipinski definition) is 0. The molecule has 0 aliphatic heterocycles. The molecule has 0 unspecified atom stereocenters. The Labute approximate surface area is 70.2 Å². The Balaban J connectivity index is 3.01. The van der Waals surface area contributed by atoms with Crippen molar-refractivity contribution in [3.8, 4) is 0 Å². The van der Waals surface area contributed by atoms with E-state index in [4.69, 9.17) is 16.0 Å². The summed E-state index contributed by atoms with van der Waals surface area (Å²) in [6.07, 6.45) is 0.835. The van der Waals surface area contributed by atoms with Crippen molar-refractivity contribution in [3.63, 3.8) is 0 Å². The summed E-state index contributed by atoms with van der Waals surface area (Å²) in [6, 6.07) is 3.33. The molecule has 0 amide bonds. The first-order chi connectivity index (χ1) is 5.06. The number of furan rings is 1. The molecule has 1 rings (SSSR count). The maximum atomic E-state index is 10.5. The summed E-state index contributed by atoms with van der Waals surface area (Å²) in [6.45, 7) is 3.55. The van der Waals surface area contributed by atoms with E-state index in [0.717, 1.165) is 6.29 Å². The van der Waals surface area contributed by atoms with E-state index in [2.05, 4.69) is 0 Å². The average Bonchev–Trinajstić information content (AvgIpc) is 2.36. The van der Waals surface area contributed by atoms with Crippen LogP contribution in [0, 0.1) is 0 Å². The molecular formula is C8H9ClO2. The zero-order chi connectivity index (χ0) is 8.48. The molecule has 0 spiro atoms. The Hall–Kier alpha value is -0.760. The van der Waals surface area contributed by atoms with Crippen molar-refractivity contribution in [3.05, 3.63) is 23.1 Å². The third-order valence-electron chi connectivity index (χ3n) is 1.50. The zero-order valence-corrected chi connectivity index (χ0v) is 7.18. The van der Waals surface area contributed by atoms with Gasteiger partial charge in [-0.25, -0.2) is 0 Å². The Kier molecular flexibility index (Phi) is 2.05. The van der Waals surface area contributed by atoms with Crippen molar-refractivity contribution < 1.29 is 9.21 Å². The quantitative estimate of drug-likeness (QED) is 0.642. The predicted octanol–water partition coefficient (Wildman–Crippen LogP) is 2.41. The van der Waals surface area contributed by atoms with Gasteiger partial charge in [-0.1, -0.05) is 0 Å². The van der Waals surface area contributed by atoms with Crippen LogP contribution in [0.1, 0.15) is 19.6 Å². The largest absolute Gasteiger partial charge is 0.449 e. The standard InChI is InChI=1S/C8H9ClO2/c1-8(2,5-10)6-3-4-7(9)11-6/h3-5H,1-2H3. The number of halogens is 1. The van der Waals surface area contributed by atoms with Gasteiger partial charge in [0.1, 0.15) is 12.0 Å². The zero-order valence-electron chi connectivity index (χ0n) is 6.43. The molecule has 0 atom stereocenters. The van der Waals surface area contributed by atoms with Gasteiger partial charge in [0.2, 0.25) is 0 Å². The summed E-state index contributed by atoms with van der Waals surface area (Å²) in [5, 5.41) is 0.315. The van der Waals surface area contributed by atoms with Crippen LogP contribution in [0.2, 0.25) is 5.22 Å². The summed E-state index contributed by atoms with van der Waals surface area (Å²) < 4.78 is 5.07. The molecule has 2 nitrogen and oxygen atoms in total. The SMILES string of the molecule is CC(C)(C=O)c1ccc(Cl)o1. The number of aldehydes is 1. The van der Waals surface area contributed by atoms with E-state index in [-0.39, 0.29) is 0 Å². The highest BCUT2D eigenvalue weighted by Gasteiger charge is 2.23. The normalized spacial score (nSPS) is 11.5. The molecule has 0 aliphatic rings. The number of hydrogen-bond acceptors (Lipinski definition) is 2. The number of rotatable bonds is 2. The summed E-state index contributed by atoms with van der Waals surface area (Å²) in [5.74, 6) is 0.595. The molecule has 0 radical (unpaired) electrons. The Morgan fingerprint density at radius 3 is 2.55 bits per heavy atom.